The van der Waals surface area contributed by atoms with E-state index in [0.29, 0.717) is 18.7 Å². The Bertz CT molecular complexity index is 1070. The third-order valence-electron chi connectivity index (χ3n) is 5.68. The first-order chi connectivity index (χ1) is 16.3. The second-order valence-corrected chi connectivity index (χ2v) is 8.40. The number of fused-ring (bicyclic) bond motifs is 1. The summed E-state index contributed by atoms with van der Waals surface area (Å²) in [6, 6.07) is 4.88. The first-order valence-corrected chi connectivity index (χ1v) is 11.1. The highest BCUT2D eigenvalue weighted by Crippen LogP contribution is 2.27. The van der Waals surface area contributed by atoms with E-state index in [4.69, 9.17) is 9.47 Å². The van der Waals surface area contributed by atoms with Crippen LogP contribution in [0.15, 0.2) is 36.8 Å². The molecule has 0 unspecified atom stereocenters. The number of nitrogens with zero attached hydrogens (tertiary/aromatic N) is 4. The Morgan fingerprint density at radius 2 is 2.15 bits per heavy atom. The van der Waals surface area contributed by atoms with E-state index < -0.39 is 12.1 Å². The maximum atomic E-state index is 13.4. The summed E-state index contributed by atoms with van der Waals surface area (Å²) in [5.41, 5.74) is 1.56. The SMILES string of the molecule is COCC(=O)N(C)C[C@H]1Oc2ncc(C#Cc3cccnc3)cc2C(=O)N([C@H](C)CO)C[C@H]1C. The summed E-state index contributed by atoms with van der Waals surface area (Å²) in [6.45, 7) is 4.17. The number of aliphatic hydroxyl groups is 1. The highest BCUT2D eigenvalue weighted by Gasteiger charge is 2.34. The Labute approximate surface area is 199 Å². The van der Waals surface area contributed by atoms with Gasteiger partial charge in [-0.2, -0.15) is 0 Å². The predicted molar refractivity (Wildman–Crippen MR) is 125 cm³/mol. The number of methoxy groups -OCH3 is 1. The van der Waals surface area contributed by atoms with Crippen molar-refractivity contribution in [2.75, 3.05) is 40.5 Å². The molecule has 3 heterocycles. The van der Waals surface area contributed by atoms with Crippen molar-refractivity contribution >= 4 is 11.8 Å². The van der Waals surface area contributed by atoms with Crippen LogP contribution in [0.1, 0.15) is 35.3 Å². The van der Waals surface area contributed by atoms with Crippen molar-refractivity contribution in [1.29, 1.82) is 0 Å². The van der Waals surface area contributed by atoms with Gasteiger partial charge in [0.2, 0.25) is 11.8 Å². The molecule has 1 N–H and O–H groups in total. The lowest BCUT2D eigenvalue weighted by molar-refractivity contribution is -0.135. The molecule has 180 valence electrons. The van der Waals surface area contributed by atoms with Crippen LogP contribution in [0.2, 0.25) is 0 Å². The highest BCUT2D eigenvalue weighted by atomic mass is 16.5. The fraction of sp³-hybridized carbons (Fsp3) is 0.440. The third kappa shape index (κ3) is 6.10. The largest absolute Gasteiger partial charge is 0.472 e. The van der Waals surface area contributed by atoms with E-state index in [9.17, 15) is 14.7 Å². The standard InChI is InChI=1S/C25H30N4O5/c1-17-13-29(18(2)15-30)25(32)21-10-20(8-7-19-6-5-9-26-11-19)12-27-24(21)34-22(17)14-28(3)23(31)16-33-4/h5-6,9-12,17-18,22,30H,13-16H2,1-4H3/t17-,18-,22-/m1/s1. The van der Waals surface area contributed by atoms with Gasteiger partial charge in [0, 0.05) is 56.3 Å². The molecule has 0 radical (unpaired) electrons. The van der Waals surface area contributed by atoms with Gasteiger partial charge in [0.1, 0.15) is 18.3 Å². The van der Waals surface area contributed by atoms with E-state index in [1.54, 1.807) is 54.5 Å². The topological polar surface area (TPSA) is 105 Å². The van der Waals surface area contributed by atoms with Gasteiger partial charge in [-0.25, -0.2) is 4.98 Å². The monoisotopic (exact) mass is 466 g/mol. The van der Waals surface area contributed by atoms with E-state index in [1.807, 2.05) is 13.0 Å². The molecule has 1 aliphatic heterocycles. The molecule has 0 saturated carbocycles. The molecule has 34 heavy (non-hydrogen) atoms. The van der Waals surface area contributed by atoms with Crippen molar-refractivity contribution < 1.29 is 24.2 Å². The Hall–Kier alpha value is -3.48. The number of hydrogen-bond donors (Lipinski definition) is 1. The molecule has 0 bridgehead atoms. The number of carbonyl (C=O) groups excluding carboxylic acids is 2. The second-order valence-electron chi connectivity index (χ2n) is 8.40. The molecule has 0 aromatic carbocycles. The van der Waals surface area contributed by atoms with E-state index in [0.717, 1.165) is 5.56 Å². The molecular weight excluding hydrogens is 436 g/mol. The molecule has 9 nitrogen and oxygen atoms in total. The molecule has 0 saturated heterocycles. The molecule has 1 aliphatic rings. The lowest BCUT2D eigenvalue weighted by atomic mass is 10.00. The van der Waals surface area contributed by atoms with Crippen molar-refractivity contribution in [2.45, 2.75) is 26.0 Å². The van der Waals surface area contributed by atoms with Crippen LogP contribution in [0.25, 0.3) is 0 Å². The first kappa shape index (κ1) is 25.1. The molecule has 3 rings (SSSR count). The number of aliphatic hydroxyl groups excluding tert-OH is 1. The summed E-state index contributed by atoms with van der Waals surface area (Å²) in [5.74, 6) is 5.60. The van der Waals surface area contributed by atoms with Gasteiger partial charge in [-0.3, -0.25) is 14.6 Å². The Balaban J connectivity index is 1.96. The van der Waals surface area contributed by atoms with Crippen LogP contribution in [0.3, 0.4) is 0 Å². The third-order valence-corrected chi connectivity index (χ3v) is 5.68. The van der Waals surface area contributed by atoms with Crippen LogP contribution < -0.4 is 4.74 Å². The van der Waals surface area contributed by atoms with Crippen molar-refractivity contribution in [3.05, 3.63) is 53.5 Å². The van der Waals surface area contributed by atoms with Gasteiger partial charge in [-0.15, -0.1) is 0 Å². The van der Waals surface area contributed by atoms with Crippen molar-refractivity contribution in [3.8, 4) is 17.7 Å². The van der Waals surface area contributed by atoms with Crippen molar-refractivity contribution in [3.63, 3.8) is 0 Å². The number of carbonyl (C=O) groups is 2. The number of rotatable bonds is 6. The number of amides is 2. The molecule has 3 atom stereocenters. The smallest absolute Gasteiger partial charge is 0.259 e. The lowest BCUT2D eigenvalue weighted by Gasteiger charge is -2.37. The van der Waals surface area contributed by atoms with Gasteiger partial charge in [-0.1, -0.05) is 18.8 Å². The summed E-state index contributed by atoms with van der Waals surface area (Å²) >= 11 is 0. The summed E-state index contributed by atoms with van der Waals surface area (Å²) in [5, 5.41) is 9.77. The number of ether oxygens (including phenoxy) is 2. The highest BCUT2D eigenvalue weighted by molar-refractivity contribution is 5.97. The van der Waals surface area contributed by atoms with Gasteiger partial charge in [0.05, 0.1) is 19.2 Å². The normalized spacial score (nSPS) is 18.5. The van der Waals surface area contributed by atoms with E-state index in [2.05, 4.69) is 21.8 Å². The molecule has 2 aromatic rings. The predicted octanol–water partition coefficient (Wildman–Crippen LogP) is 1.20. The minimum absolute atomic E-state index is 0.0302. The van der Waals surface area contributed by atoms with Crippen LogP contribution in [-0.2, 0) is 9.53 Å². The minimum Gasteiger partial charge on any atom is -0.472 e. The van der Waals surface area contributed by atoms with Gasteiger partial charge in [0.25, 0.3) is 5.91 Å². The van der Waals surface area contributed by atoms with Crippen LogP contribution >= 0.6 is 0 Å². The summed E-state index contributed by atoms with van der Waals surface area (Å²) in [4.78, 5) is 37.3. The average Bonchev–Trinajstić information content (AvgIpc) is 2.85. The molecule has 0 spiro atoms. The minimum atomic E-state index is -0.425. The number of aromatic nitrogens is 2. The van der Waals surface area contributed by atoms with Crippen molar-refractivity contribution in [2.24, 2.45) is 5.92 Å². The zero-order valence-electron chi connectivity index (χ0n) is 19.9. The first-order valence-electron chi connectivity index (χ1n) is 11.1. The van der Waals surface area contributed by atoms with Crippen LogP contribution in [-0.4, -0.2) is 89.3 Å². The maximum absolute atomic E-state index is 13.4. The Kier molecular flexibility index (Phi) is 8.57. The Morgan fingerprint density at radius 1 is 1.38 bits per heavy atom. The summed E-state index contributed by atoms with van der Waals surface area (Å²) in [7, 11) is 3.15. The van der Waals surface area contributed by atoms with E-state index in [-0.39, 0.29) is 42.4 Å². The van der Waals surface area contributed by atoms with Crippen LogP contribution in [0, 0.1) is 17.8 Å². The number of likely N-dealkylation sites (N-methyl/N-ethyl adjacent to an activating group) is 1. The van der Waals surface area contributed by atoms with Crippen LogP contribution in [0.4, 0.5) is 0 Å². The quantitative estimate of drug-likeness (QED) is 0.638. The fourth-order valence-corrected chi connectivity index (χ4v) is 3.58. The van der Waals surface area contributed by atoms with Gasteiger partial charge < -0.3 is 24.4 Å². The summed E-state index contributed by atoms with van der Waals surface area (Å²) < 4.78 is 11.1. The van der Waals surface area contributed by atoms with Crippen LogP contribution in [0.5, 0.6) is 5.88 Å². The van der Waals surface area contributed by atoms with Gasteiger partial charge in [-0.05, 0) is 25.1 Å². The number of hydrogen-bond acceptors (Lipinski definition) is 7. The molecule has 0 aliphatic carbocycles. The zero-order valence-corrected chi connectivity index (χ0v) is 19.9. The maximum Gasteiger partial charge on any atom is 0.259 e. The number of pyridine rings is 2. The van der Waals surface area contributed by atoms with Crippen molar-refractivity contribution in [1.82, 2.24) is 19.8 Å². The molecule has 9 heteroatoms. The van der Waals surface area contributed by atoms with E-state index in [1.165, 1.54) is 7.11 Å². The average molecular weight is 467 g/mol. The summed E-state index contributed by atoms with van der Waals surface area (Å²) in [6.07, 6.45) is 4.45. The molecule has 2 aromatic heterocycles. The Morgan fingerprint density at radius 3 is 2.82 bits per heavy atom. The zero-order chi connectivity index (χ0) is 24.7. The molecule has 2 amide bonds. The molecular formula is C25H30N4O5. The van der Waals surface area contributed by atoms with Gasteiger partial charge in [0.15, 0.2) is 0 Å². The van der Waals surface area contributed by atoms with Gasteiger partial charge >= 0.3 is 0 Å². The second kappa shape index (κ2) is 11.6. The van der Waals surface area contributed by atoms with E-state index >= 15 is 0 Å². The fourth-order valence-electron chi connectivity index (χ4n) is 3.58. The molecule has 0 fully saturated rings. The lowest BCUT2D eigenvalue weighted by Crippen LogP contribution is -2.50.